The van der Waals surface area contributed by atoms with Crippen LogP contribution in [0.3, 0.4) is 0 Å². The first-order valence-corrected chi connectivity index (χ1v) is 7.18. The van der Waals surface area contributed by atoms with E-state index >= 15 is 0 Å². The van der Waals surface area contributed by atoms with Crippen molar-refractivity contribution in [3.8, 4) is 0 Å². The van der Waals surface area contributed by atoms with Gasteiger partial charge in [0.1, 0.15) is 12.1 Å². The van der Waals surface area contributed by atoms with Crippen LogP contribution in [0, 0.1) is 0 Å². The number of amides is 3. The lowest BCUT2D eigenvalue weighted by Gasteiger charge is -2.44. The summed E-state index contributed by atoms with van der Waals surface area (Å²) in [6.45, 7) is 0.428. The molecule has 0 aliphatic carbocycles. The van der Waals surface area contributed by atoms with Gasteiger partial charge in [-0.2, -0.15) is 0 Å². The van der Waals surface area contributed by atoms with E-state index in [2.05, 4.69) is 5.32 Å². The quantitative estimate of drug-likeness (QED) is 0.720. The smallest absolute Gasteiger partial charge is 0.253 e. The molecular formula is C15H17N3O4. The molecule has 2 aliphatic heterocycles. The zero-order chi connectivity index (χ0) is 15.7. The SMILES string of the molecule is O=C1N[C@@H](CO)C(=O)N2CCN(C(=O)c3ccccc3)C[C@H]12. The maximum absolute atomic E-state index is 12.4. The molecule has 2 aliphatic rings. The van der Waals surface area contributed by atoms with Gasteiger partial charge in [-0.1, -0.05) is 18.2 Å². The van der Waals surface area contributed by atoms with Gasteiger partial charge in [-0.3, -0.25) is 14.4 Å². The van der Waals surface area contributed by atoms with Gasteiger partial charge in [0.05, 0.1) is 13.2 Å². The highest BCUT2D eigenvalue weighted by Crippen LogP contribution is 2.18. The van der Waals surface area contributed by atoms with Crippen LogP contribution >= 0.6 is 0 Å². The maximum Gasteiger partial charge on any atom is 0.253 e. The zero-order valence-corrected chi connectivity index (χ0v) is 11.9. The molecule has 2 N–H and O–H groups in total. The lowest BCUT2D eigenvalue weighted by atomic mass is 10.0. The number of carbonyl (C=O) groups excluding carboxylic acids is 3. The van der Waals surface area contributed by atoms with E-state index in [0.29, 0.717) is 18.7 Å². The molecule has 3 rings (SSSR count). The average Bonchev–Trinajstić information content (AvgIpc) is 2.57. The van der Waals surface area contributed by atoms with E-state index in [-0.39, 0.29) is 24.3 Å². The summed E-state index contributed by atoms with van der Waals surface area (Å²) in [6.07, 6.45) is 0. The van der Waals surface area contributed by atoms with Crippen LogP contribution in [0.15, 0.2) is 30.3 Å². The summed E-state index contributed by atoms with van der Waals surface area (Å²) in [4.78, 5) is 39.7. The Morgan fingerprint density at radius 2 is 1.95 bits per heavy atom. The first kappa shape index (κ1) is 14.5. The van der Waals surface area contributed by atoms with E-state index in [1.807, 2.05) is 6.07 Å². The summed E-state index contributed by atoms with van der Waals surface area (Å²) in [7, 11) is 0. The van der Waals surface area contributed by atoms with Gasteiger partial charge in [0, 0.05) is 18.7 Å². The number of hydrogen-bond acceptors (Lipinski definition) is 4. The zero-order valence-electron chi connectivity index (χ0n) is 11.9. The predicted octanol–water partition coefficient (Wildman–Crippen LogP) is -1.17. The van der Waals surface area contributed by atoms with Crippen LogP contribution in [-0.4, -0.2) is 71.0 Å². The van der Waals surface area contributed by atoms with Crippen molar-refractivity contribution in [1.82, 2.24) is 15.1 Å². The number of fused-ring (bicyclic) bond motifs is 1. The molecule has 22 heavy (non-hydrogen) atoms. The number of nitrogens with one attached hydrogen (secondary N) is 1. The summed E-state index contributed by atoms with van der Waals surface area (Å²) >= 11 is 0. The second-order valence-corrected chi connectivity index (χ2v) is 5.41. The first-order valence-electron chi connectivity index (χ1n) is 7.18. The van der Waals surface area contributed by atoms with Crippen molar-refractivity contribution in [1.29, 1.82) is 0 Å². The monoisotopic (exact) mass is 303 g/mol. The van der Waals surface area contributed by atoms with E-state index in [9.17, 15) is 14.4 Å². The average molecular weight is 303 g/mol. The van der Waals surface area contributed by atoms with E-state index in [1.54, 1.807) is 29.2 Å². The Morgan fingerprint density at radius 3 is 2.64 bits per heavy atom. The molecule has 2 fully saturated rings. The van der Waals surface area contributed by atoms with E-state index < -0.39 is 18.7 Å². The van der Waals surface area contributed by atoms with Gasteiger partial charge in [-0.25, -0.2) is 0 Å². The molecule has 0 bridgehead atoms. The van der Waals surface area contributed by atoms with Crippen molar-refractivity contribution in [3.63, 3.8) is 0 Å². The van der Waals surface area contributed by atoms with Crippen molar-refractivity contribution in [3.05, 3.63) is 35.9 Å². The number of hydrogen-bond donors (Lipinski definition) is 2. The minimum Gasteiger partial charge on any atom is -0.394 e. The Balaban J connectivity index is 1.75. The number of rotatable bonds is 2. The fourth-order valence-electron chi connectivity index (χ4n) is 2.87. The molecule has 0 radical (unpaired) electrons. The minimum absolute atomic E-state index is 0.148. The fourth-order valence-corrected chi connectivity index (χ4v) is 2.87. The summed E-state index contributed by atoms with van der Waals surface area (Å²) in [6, 6.07) is 7.29. The second-order valence-electron chi connectivity index (χ2n) is 5.41. The van der Waals surface area contributed by atoms with Crippen molar-refractivity contribution >= 4 is 17.7 Å². The number of aliphatic hydroxyl groups excluding tert-OH is 1. The van der Waals surface area contributed by atoms with Crippen LogP contribution in [0.2, 0.25) is 0 Å². The summed E-state index contributed by atoms with van der Waals surface area (Å²) in [5.74, 6) is -0.770. The van der Waals surface area contributed by atoms with Gasteiger partial charge in [0.2, 0.25) is 11.8 Å². The van der Waals surface area contributed by atoms with Crippen molar-refractivity contribution < 1.29 is 19.5 Å². The number of piperazine rings is 2. The van der Waals surface area contributed by atoms with Gasteiger partial charge in [-0.15, -0.1) is 0 Å². The van der Waals surface area contributed by atoms with Crippen molar-refractivity contribution in [2.24, 2.45) is 0 Å². The molecular weight excluding hydrogens is 286 g/mol. The normalized spacial score (nSPS) is 24.8. The van der Waals surface area contributed by atoms with Crippen LogP contribution in [0.4, 0.5) is 0 Å². The van der Waals surface area contributed by atoms with E-state index in [1.165, 1.54) is 4.90 Å². The molecule has 1 aromatic carbocycles. The molecule has 7 nitrogen and oxygen atoms in total. The van der Waals surface area contributed by atoms with Crippen molar-refractivity contribution in [2.75, 3.05) is 26.2 Å². The number of nitrogens with zero attached hydrogens (tertiary/aromatic N) is 2. The van der Waals surface area contributed by atoms with Gasteiger partial charge >= 0.3 is 0 Å². The maximum atomic E-state index is 12.4. The molecule has 116 valence electrons. The van der Waals surface area contributed by atoms with Crippen molar-refractivity contribution in [2.45, 2.75) is 12.1 Å². The highest BCUT2D eigenvalue weighted by molar-refractivity contribution is 5.99. The Hall–Kier alpha value is -2.41. The lowest BCUT2D eigenvalue weighted by Crippen LogP contribution is -2.70. The third-order valence-corrected chi connectivity index (χ3v) is 4.07. The molecule has 2 atom stereocenters. The first-order chi connectivity index (χ1) is 10.6. The molecule has 7 heteroatoms. The molecule has 1 aromatic rings. The fraction of sp³-hybridized carbons (Fsp3) is 0.400. The standard InChI is InChI=1S/C15H17N3O4/c19-9-11-15(22)18-7-6-17(8-12(18)13(20)16-11)14(21)10-4-2-1-3-5-10/h1-5,11-12,19H,6-9H2,(H,16,20)/t11-,12+/m0/s1. The summed E-state index contributed by atoms with van der Waals surface area (Å²) in [5.41, 5.74) is 0.562. The molecule has 0 spiro atoms. The molecule has 3 amide bonds. The van der Waals surface area contributed by atoms with Crippen LogP contribution < -0.4 is 5.32 Å². The second kappa shape index (κ2) is 5.76. The van der Waals surface area contributed by atoms with Gasteiger partial charge in [0.15, 0.2) is 0 Å². The third-order valence-electron chi connectivity index (χ3n) is 4.07. The summed E-state index contributed by atoms with van der Waals surface area (Å²) in [5, 5.41) is 11.6. The Kier molecular flexibility index (Phi) is 3.81. The molecule has 2 saturated heterocycles. The minimum atomic E-state index is -0.875. The highest BCUT2D eigenvalue weighted by Gasteiger charge is 2.44. The van der Waals surface area contributed by atoms with E-state index in [4.69, 9.17) is 5.11 Å². The molecule has 2 heterocycles. The van der Waals surface area contributed by atoms with Gasteiger partial charge in [-0.05, 0) is 12.1 Å². The summed E-state index contributed by atoms with van der Waals surface area (Å²) < 4.78 is 0. The lowest BCUT2D eigenvalue weighted by molar-refractivity contribution is -0.153. The molecule has 0 saturated carbocycles. The van der Waals surface area contributed by atoms with E-state index in [0.717, 1.165) is 0 Å². The Bertz CT molecular complexity index is 604. The highest BCUT2D eigenvalue weighted by atomic mass is 16.3. The predicted molar refractivity (Wildman–Crippen MR) is 76.9 cm³/mol. The number of aliphatic hydroxyl groups is 1. The largest absolute Gasteiger partial charge is 0.394 e. The Morgan fingerprint density at radius 1 is 1.23 bits per heavy atom. The number of benzene rings is 1. The van der Waals surface area contributed by atoms with Gasteiger partial charge in [0.25, 0.3) is 5.91 Å². The number of carbonyl (C=O) groups is 3. The molecule has 0 aromatic heterocycles. The molecule has 0 unspecified atom stereocenters. The van der Waals surface area contributed by atoms with Crippen LogP contribution in [0.25, 0.3) is 0 Å². The Labute approximate surface area is 127 Å². The third kappa shape index (κ3) is 2.43. The van der Waals surface area contributed by atoms with Gasteiger partial charge < -0.3 is 20.2 Å². The van der Waals surface area contributed by atoms with Crippen LogP contribution in [0.1, 0.15) is 10.4 Å². The van der Waals surface area contributed by atoms with Crippen LogP contribution in [0.5, 0.6) is 0 Å². The topological polar surface area (TPSA) is 89.9 Å². The van der Waals surface area contributed by atoms with Crippen LogP contribution in [-0.2, 0) is 9.59 Å².